The van der Waals surface area contributed by atoms with Crippen molar-refractivity contribution in [3.63, 3.8) is 0 Å². The van der Waals surface area contributed by atoms with Gasteiger partial charge < -0.3 is 9.64 Å². The van der Waals surface area contributed by atoms with Crippen LogP contribution in [0.2, 0.25) is 0 Å². The second-order valence-corrected chi connectivity index (χ2v) is 9.12. The first-order valence-electron chi connectivity index (χ1n) is 12.9. The highest BCUT2D eigenvalue weighted by Gasteiger charge is 2.21. The van der Waals surface area contributed by atoms with E-state index in [1.54, 1.807) is 0 Å². The predicted molar refractivity (Wildman–Crippen MR) is 133 cm³/mol. The molecule has 1 aliphatic heterocycles. The molecule has 33 heavy (non-hydrogen) atoms. The third-order valence-corrected chi connectivity index (χ3v) is 6.26. The lowest BCUT2D eigenvalue weighted by atomic mass is 10.0. The zero-order chi connectivity index (χ0) is 23.3. The van der Waals surface area contributed by atoms with Gasteiger partial charge in [-0.15, -0.1) is 0 Å². The number of aryl methyl sites for hydroxylation is 1. The molecule has 1 N–H and O–H groups in total. The molecule has 1 aromatic heterocycles. The van der Waals surface area contributed by atoms with Crippen LogP contribution >= 0.6 is 0 Å². The number of carbonyl (C=O) groups is 1. The van der Waals surface area contributed by atoms with Gasteiger partial charge in [-0.25, -0.2) is 5.48 Å². The fraction of sp³-hybridized carbons (Fsp3) is 0.630. The third kappa shape index (κ3) is 8.59. The van der Waals surface area contributed by atoms with Crippen molar-refractivity contribution < 1.29 is 14.4 Å². The maximum absolute atomic E-state index is 11.3. The molecule has 1 aliphatic rings. The van der Waals surface area contributed by atoms with E-state index in [2.05, 4.69) is 40.5 Å². The highest BCUT2D eigenvalue weighted by atomic mass is 16.6. The molecule has 3 rings (SSSR count). The van der Waals surface area contributed by atoms with Crippen molar-refractivity contribution in [1.82, 2.24) is 15.4 Å². The van der Waals surface area contributed by atoms with Gasteiger partial charge in [-0.3, -0.25) is 14.6 Å². The summed E-state index contributed by atoms with van der Waals surface area (Å²) in [7, 11) is 0. The monoisotopic (exact) mass is 455 g/mol. The van der Waals surface area contributed by atoms with E-state index >= 15 is 0 Å². The zero-order valence-electron chi connectivity index (χ0n) is 20.5. The summed E-state index contributed by atoms with van der Waals surface area (Å²) in [4.78, 5) is 23.7. The molecule has 6 nitrogen and oxygen atoms in total. The number of likely N-dealkylation sites (tertiary alicyclic amines) is 1. The minimum atomic E-state index is -0.0287. The number of nitrogens with one attached hydrogen (secondary N) is 1. The second kappa shape index (κ2) is 14.2. The largest absolute Gasteiger partial charge is 0.488 e. The van der Waals surface area contributed by atoms with Crippen LogP contribution in [0.1, 0.15) is 77.2 Å². The zero-order valence-corrected chi connectivity index (χ0v) is 20.5. The quantitative estimate of drug-likeness (QED) is 0.304. The summed E-state index contributed by atoms with van der Waals surface area (Å²) in [5, 5.41) is 1.17. The van der Waals surface area contributed by atoms with E-state index in [4.69, 9.17) is 9.57 Å². The maximum Gasteiger partial charge on any atom is 0.243 e. The number of hydrogen-bond acceptors (Lipinski definition) is 5. The van der Waals surface area contributed by atoms with Crippen LogP contribution in [-0.4, -0.2) is 48.1 Å². The normalized spacial score (nSPS) is 15.1. The molecule has 1 fully saturated rings. The first-order chi connectivity index (χ1) is 16.2. The first kappa shape index (κ1) is 25.4. The van der Waals surface area contributed by atoms with Crippen molar-refractivity contribution in [3.05, 3.63) is 36.0 Å². The topological polar surface area (TPSA) is 63.7 Å². The fourth-order valence-corrected chi connectivity index (χ4v) is 4.36. The Morgan fingerprint density at radius 2 is 1.97 bits per heavy atom. The Morgan fingerprint density at radius 3 is 2.76 bits per heavy atom. The molecule has 0 radical (unpaired) electrons. The molecule has 182 valence electrons. The van der Waals surface area contributed by atoms with E-state index in [0.717, 1.165) is 75.8 Å². The van der Waals surface area contributed by atoms with E-state index in [9.17, 15) is 4.79 Å². The number of piperidine rings is 1. The maximum atomic E-state index is 11.3. The molecule has 0 unspecified atom stereocenters. The van der Waals surface area contributed by atoms with Crippen LogP contribution in [0.15, 0.2) is 30.5 Å². The van der Waals surface area contributed by atoms with Crippen LogP contribution in [0, 0.1) is 0 Å². The Labute approximate surface area is 199 Å². The van der Waals surface area contributed by atoms with Crippen molar-refractivity contribution in [2.24, 2.45) is 0 Å². The van der Waals surface area contributed by atoms with Crippen molar-refractivity contribution in [3.8, 4) is 5.75 Å². The van der Waals surface area contributed by atoms with Gasteiger partial charge in [0, 0.05) is 31.1 Å². The van der Waals surface area contributed by atoms with Gasteiger partial charge in [0.1, 0.15) is 17.4 Å². The number of hydroxylamine groups is 1. The van der Waals surface area contributed by atoms with Crippen LogP contribution in [0.25, 0.3) is 10.9 Å². The van der Waals surface area contributed by atoms with Gasteiger partial charge in [-0.05, 0) is 81.7 Å². The smallest absolute Gasteiger partial charge is 0.243 e. The first-order valence-corrected chi connectivity index (χ1v) is 12.9. The van der Waals surface area contributed by atoms with Crippen molar-refractivity contribution in [2.75, 3.05) is 26.2 Å². The van der Waals surface area contributed by atoms with E-state index < -0.39 is 0 Å². The number of amides is 1. The standard InChI is InChI=1S/C27H41N3O3/c1-3-5-11-22-20-23-12-9-15-28-27(23)25(21-22)33-24-13-17-30(18-14-24)16-7-6-8-19-32-29-26(31)10-4-2/h9,12,15,20-21,24H,3-8,10-11,13-14,16-19H2,1-2H3,(H,29,31). The highest BCUT2D eigenvalue weighted by molar-refractivity contribution is 5.85. The highest BCUT2D eigenvalue weighted by Crippen LogP contribution is 2.29. The van der Waals surface area contributed by atoms with Gasteiger partial charge in [-0.1, -0.05) is 26.3 Å². The third-order valence-electron chi connectivity index (χ3n) is 6.26. The molecule has 0 spiro atoms. The van der Waals surface area contributed by atoms with Crippen molar-refractivity contribution >= 4 is 16.8 Å². The number of nitrogens with zero attached hydrogens (tertiary/aromatic N) is 2. The van der Waals surface area contributed by atoms with Crippen LogP contribution < -0.4 is 10.2 Å². The Bertz CT molecular complexity index is 850. The predicted octanol–water partition coefficient (Wildman–Crippen LogP) is 5.44. The van der Waals surface area contributed by atoms with Crippen LogP contribution in [0.5, 0.6) is 5.75 Å². The Morgan fingerprint density at radius 1 is 1.12 bits per heavy atom. The van der Waals surface area contributed by atoms with Crippen LogP contribution in [0.4, 0.5) is 0 Å². The minimum absolute atomic E-state index is 0.0287. The molecule has 0 saturated carbocycles. The van der Waals surface area contributed by atoms with Crippen molar-refractivity contribution in [2.45, 2.75) is 84.2 Å². The number of ether oxygens (including phenoxy) is 1. The van der Waals surface area contributed by atoms with E-state index in [-0.39, 0.29) is 12.0 Å². The lowest BCUT2D eigenvalue weighted by molar-refractivity contribution is -0.133. The summed E-state index contributed by atoms with van der Waals surface area (Å²) in [5.41, 5.74) is 4.83. The van der Waals surface area contributed by atoms with Gasteiger partial charge in [0.25, 0.3) is 0 Å². The Hall–Kier alpha value is -2.18. The average Bonchev–Trinajstić information content (AvgIpc) is 2.83. The molecule has 0 bridgehead atoms. The summed E-state index contributed by atoms with van der Waals surface area (Å²) in [6.45, 7) is 8.08. The molecule has 2 aromatic rings. The lowest BCUT2D eigenvalue weighted by Gasteiger charge is -2.32. The van der Waals surface area contributed by atoms with Crippen LogP contribution in [0.3, 0.4) is 0 Å². The van der Waals surface area contributed by atoms with E-state index in [0.29, 0.717) is 13.0 Å². The fourth-order valence-electron chi connectivity index (χ4n) is 4.36. The van der Waals surface area contributed by atoms with Gasteiger partial charge >= 0.3 is 0 Å². The summed E-state index contributed by atoms with van der Waals surface area (Å²) >= 11 is 0. The van der Waals surface area contributed by atoms with Gasteiger partial charge in [0.2, 0.25) is 5.91 Å². The molecule has 1 saturated heterocycles. The number of carbonyl (C=O) groups excluding carboxylic acids is 1. The summed E-state index contributed by atoms with van der Waals surface area (Å²) < 4.78 is 6.50. The van der Waals surface area contributed by atoms with Gasteiger partial charge in [-0.2, -0.15) is 0 Å². The minimum Gasteiger partial charge on any atom is -0.488 e. The molecule has 1 amide bonds. The number of benzene rings is 1. The van der Waals surface area contributed by atoms with E-state index in [1.165, 1.54) is 23.8 Å². The van der Waals surface area contributed by atoms with Crippen LogP contribution in [-0.2, 0) is 16.1 Å². The Kier molecular flexibility index (Phi) is 10.9. The molecule has 6 heteroatoms. The van der Waals surface area contributed by atoms with Gasteiger partial charge in [0.15, 0.2) is 0 Å². The molecular formula is C27H41N3O3. The number of fused-ring (bicyclic) bond motifs is 1. The summed E-state index contributed by atoms with van der Waals surface area (Å²) in [6.07, 6.45) is 12.3. The van der Waals surface area contributed by atoms with Gasteiger partial charge in [0.05, 0.1) is 6.61 Å². The summed E-state index contributed by atoms with van der Waals surface area (Å²) in [5.74, 6) is 0.919. The van der Waals surface area contributed by atoms with E-state index in [1.807, 2.05) is 19.2 Å². The number of hydrogen-bond donors (Lipinski definition) is 1. The Balaban J connectivity index is 1.37. The molecule has 1 aromatic carbocycles. The average molecular weight is 456 g/mol. The number of pyridine rings is 1. The SMILES string of the molecule is CCCCc1cc(OC2CCN(CCCCCONC(=O)CCC)CC2)c2ncccc2c1. The molecule has 0 atom stereocenters. The molecular weight excluding hydrogens is 414 g/mol. The summed E-state index contributed by atoms with van der Waals surface area (Å²) in [6, 6.07) is 8.61. The second-order valence-electron chi connectivity index (χ2n) is 9.12. The number of aromatic nitrogens is 1. The number of rotatable bonds is 14. The molecule has 0 aliphatic carbocycles. The number of unbranched alkanes of at least 4 members (excludes halogenated alkanes) is 3. The van der Waals surface area contributed by atoms with Crippen molar-refractivity contribution in [1.29, 1.82) is 0 Å². The molecule has 2 heterocycles. The lowest BCUT2D eigenvalue weighted by Crippen LogP contribution is -2.38.